The second-order valence-electron chi connectivity index (χ2n) is 5.02. The van der Waals surface area contributed by atoms with Crippen LogP contribution in [-0.2, 0) is 19.5 Å². The molecule has 2 aromatic heterocycles. The zero-order valence-electron chi connectivity index (χ0n) is 13.5. The van der Waals surface area contributed by atoms with Gasteiger partial charge in [-0.25, -0.2) is 0 Å². The maximum atomic E-state index is 5.39. The normalized spacial score (nSPS) is 11.0. The zero-order valence-corrected chi connectivity index (χ0v) is 13.5. The quantitative estimate of drug-likeness (QED) is 0.739. The van der Waals surface area contributed by atoms with Gasteiger partial charge in [-0.1, -0.05) is 12.1 Å². The Morgan fingerprint density at radius 2 is 2.05 bits per heavy atom. The molecule has 0 aromatic carbocycles. The van der Waals surface area contributed by atoms with Crippen LogP contribution in [0, 0.1) is 0 Å². The van der Waals surface area contributed by atoms with E-state index in [4.69, 9.17) is 14.0 Å². The second kappa shape index (κ2) is 7.74. The molecule has 22 heavy (non-hydrogen) atoms. The average Bonchev–Trinajstić information content (AvgIpc) is 2.94. The van der Waals surface area contributed by atoms with Crippen molar-refractivity contribution >= 4 is 0 Å². The van der Waals surface area contributed by atoms with Gasteiger partial charge in [0, 0.05) is 25.2 Å². The lowest BCUT2D eigenvalue weighted by Crippen LogP contribution is -2.19. The third-order valence-corrected chi connectivity index (χ3v) is 3.17. The molecule has 0 unspecified atom stereocenters. The van der Waals surface area contributed by atoms with Crippen LogP contribution < -0.4 is 9.47 Å². The highest BCUT2D eigenvalue weighted by Crippen LogP contribution is 2.29. The van der Waals surface area contributed by atoms with Crippen LogP contribution in [0.25, 0.3) is 0 Å². The van der Waals surface area contributed by atoms with Crippen molar-refractivity contribution in [2.24, 2.45) is 0 Å². The molecule has 7 heteroatoms. The summed E-state index contributed by atoms with van der Waals surface area (Å²) in [7, 11) is 5.19. The van der Waals surface area contributed by atoms with Crippen molar-refractivity contribution in [2.75, 3.05) is 21.3 Å². The fourth-order valence-corrected chi connectivity index (χ4v) is 2.19. The summed E-state index contributed by atoms with van der Waals surface area (Å²) in [6.07, 6.45) is 3.50. The molecule has 0 aliphatic carbocycles. The van der Waals surface area contributed by atoms with Gasteiger partial charge in [-0.15, -0.1) is 0 Å². The first-order valence-electron chi connectivity index (χ1n) is 7.23. The van der Waals surface area contributed by atoms with E-state index in [1.54, 1.807) is 26.5 Å². The van der Waals surface area contributed by atoms with Crippen molar-refractivity contribution in [2.45, 2.75) is 32.9 Å². The van der Waals surface area contributed by atoms with Gasteiger partial charge in [-0.2, -0.15) is 4.98 Å². The highest BCUT2D eigenvalue weighted by atomic mass is 16.5. The SMILES string of the molecule is CCCc1nc(CN(C)Cc2nccc(OC)c2OC)no1. The first-order chi connectivity index (χ1) is 10.7. The number of hydrogen-bond acceptors (Lipinski definition) is 7. The van der Waals surface area contributed by atoms with Crippen molar-refractivity contribution in [3.05, 3.63) is 29.7 Å². The minimum atomic E-state index is 0.579. The number of pyridine rings is 1. The van der Waals surface area contributed by atoms with Gasteiger partial charge >= 0.3 is 0 Å². The first kappa shape index (κ1) is 16.2. The Morgan fingerprint density at radius 3 is 2.73 bits per heavy atom. The predicted molar refractivity (Wildman–Crippen MR) is 80.8 cm³/mol. The van der Waals surface area contributed by atoms with Crippen molar-refractivity contribution in [3.8, 4) is 11.5 Å². The zero-order chi connectivity index (χ0) is 15.9. The number of aromatic nitrogens is 3. The third-order valence-electron chi connectivity index (χ3n) is 3.17. The standard InChI is InChI=1S/C15H22N4O3/c1-5-6-14-17-13(18-22-14)10-19(2)9-11-15(21-4)12(20-3)7-8-16-11/h7-8H,5-6,9-10H2,1-4H3. The van der Waals surface area contributed by atoms with Gasteiger partial charge in [0.25, 0.3) is 0 Å². The molecule has 0 atom stereocenters. The Kier molecular flexibility index (Phi) is 5.71. The van der Waals surface area contributed by atoms with Crippen molar-refractivity contribution in [1.82, 2.24) is 20.0 Å². The molecule has 120 valence electrons. The predicted octanol–water partition coefficient (Wildman–Crippen LogP) is 2.07. The first-order valence-corrected chi connectivity index (χ1v) is 7.23. The summed E-state index contributed by atoms with van der Waals surface area (Å²) in [6, 6.07) is 1.78. The molecule has 0 N–H and O–H groups in total. The van der Waals surface area contributed by atoms with Crippen molar-refractivity contribution < 1.29 is 14.0 Å². The van der Waals surface area contributed by atoms with E-state index >= 15 is 0 Å². The molecule has 2 aromatic rings. The third kappa shape index (κ3) is 3.94. The molecule has 0 amide bonds. The smallest absolute Gasteiger partial charge is 0.226 e. The molecule has 0 saturated heterocycles. The minimum absolute atomic E-state index is 0.579. The summed E-state index contributed by atoms with van der Waals surface area (Å²) in [5.41, 5.74) is 0.807. The maximum absolute atomic E-state index is 5.39. The van der Waals surface area contributed by atoms with Crippen LogP contribution in [0.2, 0.25) is 0 Å². The molecular weight excluding hydrogens is 284 g/mol. The molecule has 0 saturated carbocycles. The van der Waals surface area contributed by atoms with Gasteiger partial charge < -0.3 is 14.0 Å². The summed E-state index contributed by atoms with van der Waals surface area (Å²) in [5, 5.41) is 3.99. The molecule has 2 rings (SSSR count). The summed E-state index contributed by atoms with van der Waals surface area (Å²) in [4.78, 5) is 10.8. The van der Waals surface area contributed by atoms with Crippen LogP contribution in [0.4, 0.5) is 0 Å². The summed E-state index contributed by atoms with van der Waals surface area (Å²) in [6.45, 7) is 3.25. The molecular formula is C15H22N4O3. The molecule has 2 heterocycles. The highest BCUT2D eigenvalue weighted by molar-refractivity contribution is 5.42. The molecule has 0 fully saturated rings. The van der Waals surface area contributed by atoms with E-state index in [1.807, 2.05) is 11.9 Å². The van der Waals surface area contributed by atoms with Crippen LogP contribution >= 0.6 is 0 Å². The van der Waals surface area contributed by atoms with Crippen molar-refractivity contribution in [1.29, 1.82) is 0 Å². The van der Waals surface area contributed by atoms with Crippen LogP contribution in [0.3, 0.4) is 0 Å². The van der Waals surface area contributed by atoms with Gasteiger partial charge in [0.15, 0.2) is 17.3 Å². The summed E-state index contributed by atoms with van der Waals surface area (Å²) in [5.74, 6) is 2.68. The van der Waals surface area contributed by atoms with E-state index in [0.29, 0.717) is 36.3 Å². The largest absolute Gasteiger partial charge is 0.493 e. The Morgan fingerprint density at radius 1 is 1.23 bits per heavy atom. The Hall–Kier alpha value is -2.15. The Bertz CT molecular complexity index is 600. The molecule has 0 radical (unpaired) electrons. The lowest BCUT2D eigenvalue weighted by Gasteiger charge is -2.17. The number of aryl methyl sites for hydroxylation is 1. The van der Waals surface area contributed by atoms with Crippen LogP contribution in [0.5, 0.6) is 11.5 Å². The van der Waals surface area contributed by atoms with Crippen LogP contribution in [0.1, 0.15) is 30.8 Å². The summed E-state index contributed by atoms with van der Waals surface area (Å²) >= 11 is 0. The van der Waals surface area contributed by atoms with E-state index in [2.05, 4.69) is 22.0 Å². The number of ether oxygens (including phenoxy) is 2. The molecule has 7 nitrogen and oxygen atoms in total. The van der Waals surface area contributed by atoms with Crippen LogP contribution in [0.15, 0.2) is 16.8 Å². The Balaban J connectivity index is 2.03. The van der Waals surface area contributed by atoms with Crippen molar-refractivity contribution in [3.63, 3.8) is 0 Å². The molecule has 0 aliphatic rings. The number of hydrogen-bond donors (Lipinski definition) is 0. The van der Waals surface area contributed by atoms with Gasteiger partial charge in [-0.3, -0.25) is 9.88 Å². The fraction of sp³-hybridized carbons (Fsp3) is 0.533. The molecule has 0 bridgehead atoms. The topological polar surface area (TPSA) is 73.5 Å². The average molecular weight is 306 g/mol. The minimum Gasteiger partial charge on any atom is -0.493 e. The number of rotatable bonds is 8. The van der Waals surface area contributed by atoms with E-state index in [-0.39, 0.29) is 0 Å². The second-order valence-corrected chi connectivity index (χ2v) is 5.02. The van der Waals surface area contributed by atoms with E-state index in [1.165, 1.54) is 0 Å². The van der Waals surface area contributed by atoms with Gasteiger partial charge in [0.05, 0.1) is 20.8 Å². The van der Waals surface area contributed by atoms with Gasteiger partial charge in [0.1, 0.15) is 5.69 Å². The molecule has 0 spiro atoms. The number of methoxy groups -OCH3 is 2. The highest BCUT2D eigenvalue weighted by Gasteiger charge is 2.15. The Labute approximate surface area is 130 Å². The maximum Gasteiger partial charge on any atom is 0.226 e. The lowest BCUT2D eigenvalue weighted by atomic mass is 10.3. The van der Waals surface area contributed by atoms with Crippen LogP contribution in [-0.4, -0.2) is 41.3 Å². The van der Waals surface area contributed by atoms with E-state index in [9.17, 15) is 0 Å². The summed E-state index contributed by atoms with van der Waals surface area (Å²) < 4.78 is 15.9. The lowest BCUT2D eigenvalue weighted by molar-refractivity contribution is 0.285. The van der Waals surface area contributed by atoms with E-state index < -0.39 is 0 Å². The monoisotopic (exact) mass is 306 g/mol. The van der Waals surface area contributed by atoms with Gasteiger partial charge in [-0.05, 0) is 13.5 Å². The molecule has 0 aliphatic heterocycles. The number of nitrogens with zero attached hydrogens (tertiary/aromatic N) is 4. The van der Waals surface area contributed by atoms with Gasteiger partial charge in [0.2, 0.25) is 5.89 Å². The van der Waals surface area contributed by atoms with E-state index in [0.717, 1.165) is 18.5 Å². The fourth-order valence-electron chi connectivity index (χ4n) is 2.19.